The number of carbonyl (C=O) groups excluding carboxylic acids is 1. The van der Waals surface area contributed by atoms with Crippen LogP contribution in [0.5, 0.6) is 0 Å². The predicted octanol–water partition coefficient (Wildman–Crippen LogP) is 3.45. The summed E-state index contributed by atoms with van der Waals surface area (Å²) in [6, 6.07) is 11.8. The second-order valence-electron chi connectivity index (χ2n) is 5.03. The predicted molar refractivity (Wildman–Crippen MR) is 90.6 cm³/mol. The molecule has 0 saturated carbocycles. The van der Waals surface area contributed by atoms with Gasteiger partial charge in [0.2, 0.25) is 5.91 Å². The molecule has 0 aliphatic rings. The maximum Gasteiger partial charge on any atom is 0.237 e. The van der Waals surface area contributed by atoms with Crippen LogP contribution < -0.4 is 5.32 Å². The number of amides is 1. The van der Waals surface area contributed by atoms with E-state index in [1.165, 1.54) is 0 Å². The van der Waals surface area contributed by atoms with Gasteiger partial charge in [-0.05, 0) is 32.0 Å². The van der Waals surface area contributed by atoms with Crippen molar-refractivity contribution in [2.24, 2.45) is 0 Å². The van der Waals surface area contributed by atoms with Crippen LogP contribution in [0.4, 0.5) is 5.69 Å². The van der Waals surface area contributed by atoms with E-state index in [0.29, 0.717) is 5.69 Å². The Labute approximate surface area is 136 Å². The lowest BCUT2D eigenvalue weighted by Gasteiger charge is -2.07. The van der Waals surface area contributed by atoms with Crippen LogP contribution in [0.1, 0.15) is 12.6 Å². The van der Waals surface area contributed by atoms with Gasteiger partial charge in [0.05, 0.1) is 28.1 Å². The van der Waals surface area contributed by atoms with Crippen LogP contribution >= 0.6 is 15.9 Å². The number of para-hydroxylation sites is 1. The fourth-order valence-corrected chi connectivity index (χ4v) is 2.32. The van der Waals surface area contributed by atoms with Crippen molar-refractivity contribution in [1.29, 1.82) is 0 Å². The molecule has 0 aliphatic heterocycles. The number of carbonyl (C=O) groups is 1. The van der Waals surface area contributed by atoms with Gasteiger partial charge in [0.1, 0.15) is 0 Å². The molecule has 0 bridgehead atoms. The van der Waals surface area contributed by atoms with Gasteiger partial charge in [-0.2, -0.15) is 5.10 Å². The highest BCUT2D eigenvalue weighted by Gasteiger charge is 2.13. The zero-order chi connectivity index (χ0) is 15.7. The number of nitrogens with zero attached hydrogens (tertiary/aromatic N) is 3. The first-order valence-electron chi connectivity index (χ1n) is 6.92. The van der Waals surface area contributed by atoms with E-state index in [4.69, 9.17) is 0 Å². The Balaban J connectivity index is 2.04. The molecule has 22 heavy (non-hydrogen) atoms. The van der Waals surface area contributed by atoms with Crippen LogP contribution in [0, 0.1) is 6.92 Å². The monoisotopic (exact) mass is 358 g/mol. The summed E-state index contributed by atoms with van der Waals surface area (Å²) in [6.45, 7) is 3.71. The van der Waals surface area contributed by atoms with Crippen molar-refractivity contribution in [2.45, 2.75) is 18.7 Å². The van der Waals surface area contributed by atoms with Crippen molar-refractivity contribution in [3.63, 3.8) is 0 Å². The van der Waals surface area contributed by atoms with Crippen LogP contribution in [0.2, 0.25) is 0 Å². The molecule has 1 atom stereocenters. The number of benzene rings is 1. The highest BCUT2D eigenvalue weighted by atomic mass is 79.9. The molecule has 6 heteroatoms. The number of alkyl halides is 1. The maximum atomic E-state index is 11.8. The Morgan fingerprint density at radius 1 is 1.32 bits per heavy atom. The summed E-state index contributed by atoms with van der Waals surface area (Å²) in [5.74, 6) is -0.103. The smallest absolute Gasteiger partial charge is 0.237 e. The number of anilines is 1. The fourth-order valence-electron chi connectivity index (χ4n) is 2.20. The lowest BCUT2D eigenvalue weighted by Crippen LogP contribution is -2.19. The van der Waals surface area contributed by atoms with Crippen LogP contribution in [0.15, 0.2) is 42.6 Å². The lowest BCUT2D eigenvalue weighted by molar-refractivity contribution is -0.115. The fraction of sp³-hybridized carbons (Fsp3) is 0.188. The van der Waals surface area contributed by atoms with Crippen LogP contribution in [-0.4, -0.2) is 25.5 Å². The number of halogens is 1. The number of nitrogens with one attached hydrogen (secondary N) is 1. The summed E-state index contributed by atoms with van der Waals surface area (Å²) < 4.78 is 1.81. The molecular weight excluding hydrogens is 344 g/mol. The molecule has 0 radical (unpaired) electrons. The topological polar surface area (TPSA) is 59.8 Å². The summed E-state index contributed by atoms with van der Waals surface area (Å²) in [6.07, 6.45) is 1.65. The third-order valence-electron chi connectivity index (χ3n) is 3.34. The number of rotatable bonds is 3. The Hall–Kier alpha value is -2.21. The number of aryl methyl sites for hydroxylation is 1. The van der Waals surface area contributed by atoms with Gasteiger partial charge in [-0.1, -0.05) is 34.1 Å². The Morgan fingerprint density at radius 3 is 2.73 bits per heavy atom. The standard InChI is InChI=1S/C16H15BrN4O/c1-10(17)16(22)19-12-8-14-11(2)20-21(15(14)18-9-12)13-6-4-3-5-7-13/h3-10H,1-2H3,(H,19,22). The number of hydrogen-bond donors (Lipinski definition) is 1. The normalized spacial score (nSPS) is 12.3. The molecule has 3 aromatic rings. The van der Waals surface area contributed by atoms with Gasteiger partial charge in [0.25, 0.3) is 0 Å². The molecule has 1 aromatic carbocycles. The quantitative estimate of drug-likeness (QED) is 0.729. The molecule has 1 unspecified atom stereocenters. The minimum Gasteiger partial charge on any atom is -0.324 e. The Bertz CT molecular complexity index is 827. The summed E-state index contributed by atoms with van der Waals surface area (Å²) >= 11 is 3.25. The number of pyridine rings is 1. The third-order valence-corrected chi connectivity index (χ3v) is 3.75. The molecule has 5 nitrogen and oxygen atoms in total. The molecule has 0 saturated heterocycles. The third kappa shape index (κ3) is 2.74. The van der Waals surface area contributed by atoms with Crippen molar-refractivity contribution >= 4 is 38.6 Å². The summed E-state index contributed by atoms with van der Waals surface area (Å²) in [7, 11) is 0. The first-order chi connectivity index (χ1) is 10.6. The van der Waals surface area contributed by atoms with Crippen molar-refractivity contribution in [1.82, 2.24) is 14.8 Å². The zero-order valence-electron chi connectivity index (χ0n) is 12.2. The van der Waals surface area contributed by atoms with Crippen LogP contribution in [0.3, 0.4) is 0 Å². The van der Waals surface area contributed by atoms with Crippen LogP contribution in [0.25, 0.3) is 16.7 Å². The largest absolute Gasteiger partial charge is 0.324 e. The minimum absolute atomic E-state index is 0.103. The van der Waals surface area contributed by atoms with Gasteiger partial charge >= 0.3 is 0 Å². The molecule has 3 rings (SSSR count). The second kappa shape index (κ2) is 5.88. The Kier molecular flexibility index (Phi) is 3.94. The van der Waals surface area contributed by atoms with Crippen LogP contribution in [-0.2, 0) is 4.79 Å². The molecule has 2 heterocycles. The number of fused-ring (bicyclic) bond motifs is 1. The number of aromatic nitrogens is 3. The first kappa shape index (κ1) is 14.7. The van der Waals surface area contributed by atoms with Gasteiger partial charge in [0.15, 0.2) is 5.65 Å². The van der Waals surface area contributed by atoms with Gasteiger partial charge < -0.3 is 5.32 Å². The highest BCUT2D eigenvalue weighted by Crippen LogP contribution is 2.23. The van der Waals surface area contributed by atoms with E-state index in [2.05, 4.69) is 31.3 Å². The van der Waals surface area contributed by atoms with E-state index in [-0.39, 0.29) is 10.7 Å². The maximum absolute atomic E-state index is 11.8. The van der Waals surface area contributed by atoms with Gasteiger partial charge in [-0.3, -0.25) is 4.79 Å². The van der Waals surface area contributed by atoms with Crippen molar-refractivity contribution in [2.75, 3.05) is 5.32 Å². The average molecular weight is 359 g/mol. The molecule has 112 valence electrons. The van der Waals surface area contributed by atoms with Gasteiger partial charge in [0, 0.05) is 5.39 Å². The van der Waals surface area contributed by atoms with Crippen molar-refractivity contribution in [3.8, 4) is 5.69 Å². The molecule has 2 aromatic heterocycles. The minimum atomic E-state index is -0.253. The summed E-state index contributed by atoms with van der Waals surface area (Å²) in [4.78, 5) is 16.0. The van der Waals surface area contributed by atoms with Crippen molar-refractivity contribution < 1.29 is 4.79 Å². The van der Waals surface area contributed by atoms with E-state index >= 15 is 0 Å². The summed E-state index contributed by atoms with van der Waals surface area (Å²) in [5.41, 5.74) is 3.27. The van der Waals surface area contributed by atoms with E-state index in [0.717, 1.165) is 22.4 Å². The summed E-state index contributed by atoms with van der Waals surface area (Å²) in [5, 5.41) is 8.29. The molecule has 1 N–H and O–H groups in total. The molecule has 1 amide bonds. The molecule has 0 spiro atoms. The van der Waals surface area contributed by atoms with Gasteiger partial charge in [-0.15, -0.1) is 0 Å². The number of hydrogen-bond acceptors (Lipinski definition) is 3. The molecule has 0 aliphatic carbocycles. The van der Waals surface area contributed by atoms with E-state index in [1.807, 2.05) is 48.0 Å². The average Bonchev–Trinajstić information content (AvgIpc) is 2.85. The molecular formula is C16H15BrN4O. The highest BCUT2D eigenvalue weighted by molar-refractivity contribution is 9.10. The first-order valence-corrected chi connectivity index (χ1v) is 7.83. The van der Waals surface area contributed by atoms with E-state index in [9.17, 15) is 4.79 Å². The van der Waals surface area contributed by atoms with Crippen molar-refractivity contribution in [3.05, 3.63) is 48.3 Å². The molecule has 0 fully saturated rings. The Morgan fingerprint density at radius 2 is 2.05 bits per heavy atom. The van der Waals surface area contributed by atoms with Gasteiger partial charge in [-0.25, -0.2) is 9.67 Å². The lowest BCUT2D eigenvalue weighted by atomic mass is 10.2. The van der Waals surface area contributed by atoms with E-state index < -0.39 is 0 Å². The zero-order valence-corrected chi connectivity index (χ0v) is 13.8. The second-order valence-corrected chi connectivity index (χ2v) is 6.41. The van der Waals surface area contributed by atoms with E-state index in [1.54, 1.807) is 13.1 Å². The SMILES string of the molecule is Cc1nn(-c2ccccc2)c2ncc(NC(=O)C(C)Br)cc12.